The summed E-state index contributed by atoms with van der Waals surface area (Å²) in [5.74, 6) is -1.36. The van der Waals surface area contributed by atoms with Crippen LogP contribution >= 0.6 is 15.9 Å². The number of benzene rings is 1. The van der Waals surface area contributed by atoms with E-state index < -0.39 is 17.2 Å². The molecule has 5 heteroatoms. The van der Waals surface area contributed by atoms with Crippen LogP contribution in [0.15, 0.2) is 10.5 Å². The summed E-state index contributed by atoms with van der Waals surface area (Å²) in [6, 6.07) is 1.66. The number of rotatable bonds is 4. The summed E-state index contributed by atoms with van der Waals surface area (Å²) >= 11 is 3.26. The SMILES string of the molecule is COc1c(F)c(C(C)(C)CC(=O)O)cc(C)c1Br. The van der Waals surface area contributed by atoms with Crippen molar-refractivity contribution in [2.24, 2.45) is 0 Å². The summed E-state index contributed by atoms with van der Waals surface area (Å²) in [5, 5.41) is 8.89. The molecule has 0 amide bonds. The lowest BCUT2D eigenvalue weighted by Crippen LogP contribution is -2.23. The topological polar surface area (TPSA) is 46.5 Å². The Morgan fingerprint density at radius 3 is 2.56 bits per heavy atom. The minimum absolute atomic E-state index is 0.114. The number of carbonyl (C=O) groups is 1. The largest absolute Gasteiger partial charge is 0.492 e. The first-order valence-electron chi connectivity index (χ1n) is 5.45. The van der Waals surface area contributed by atoms with Crippen LogP contribution in [0.25, 0.3) is 0 Å². The molecule has 0 fully saturated rings. The first-order chi connectivity index (χ1) is 8.20. The van der Waals surface area contributed by atoms with Gasteiger partial charge in [-0.2, -0.15) is 0 Å². The number of ether oxygens (including phenoxy) is 1. The summed E-state index contributed by atoms with van der Waals surface area (Å²) < 4.78 is 19.9. The zero-order chi connectivity index (χ0) is 14.1. The number of carboxylic acids is 1. The normalized spacial score (nSPS) is 11.4. The van der Waals surface area contributed by atoms with Crippen molar-refractivity contribution in [2.75, 3.05) is 7.11 Å². The number of aryl methyl sites for hydroxylation is 1. The minimum Gasteiger partial charge on any atom is -0.492 e. The quantitative estimate of drug-likeness (QED) is 0.921. The molecular formula is C13H16BrFO3. The molecular weight excluding hydrogens is 303 g/mol. The summed E-state index contributed by atoms with van der Waals surface area (Å²) in [7, 11) is 1.39. The maximum absolute atomic E-state index is 14.3. The molecule has 1 aromatic rings. The maximum atomic E-state index is 14.3. The van der Waals surface area contributed by atoms with E-state index in [2.05, 4.69) is 15.9 Å². The van der Waals surface area contributed by atoms with E-state index in [0.717, 1.165) is 5.56 Å². The van der Waals surface area contributed by atoms with Crippen LogP contribution < -0.4 is 4.74 Å². The average Bonchev–Trinajstić information content (AvgIpc) is 2.22. The predicted octanol–water partition coefficient (Wildman–Crippen LogP) is 3.66. The fourth-order valence-corrected chi connectivity index (χ4v) is 2.34. The summed E-state index contributed by atoms with van der Waals surface area (Å²) in [6.07, 6.45) is -0.145. The van der Waals surface area contributed by atoms with Gasteiger partial charge in [0.2, 0.25) is 0 Å². The van der Waals surface area contributed by atoms with Gasteiger partial charge in [-0.05, 0) is 34.0 Å². The molecule has 0 bridgehead atoms. The highest BCUT2D eigenvalue weighted by molar-refractivity contribution is 9.10. The summed E-state index contributed by atoms with van der Waals surface area (Å²) in [6.45, 7) is 5.21. The van der Waals surface area contributed by atoms with E-state index in [1.807, 2.05) is 6.92 Å². The van der Waals surface area contributed by atoms with Crippen molar-refractivity contribution in [1.82, 2.24) is 0 Å². The molecule has 0 aromatic heterocycles. The highest BCUT2D eigenvalue weighted by atomic mass is 79.9. The van der Waals surface area contributed by atoms with Crippen molar-refractivity contribution in [3.63, 3.8) is 0 Å². The molecule has 0 aliphatic heterocycles. The summed E-state index contributed by atoms with van der Waals surface area (Å²) in [5.41, 5.74) is 0.360. The fourth-order valence-electron chi connectivity index (χ4n) is 1.89. The summed E-state index contributed by atoms with van der Waals surface area (Å²) in [4.78, 5) is 10.8. The zero-order valence-electron chi connectivity index (χ0n) is 10.8. The Balaban J connectivity index is 3.42. The lowest BCUT2D eigenvalue weighted by molar-refractivity contribution is -0.138. The third kappa shape index (κ3) is 2.83. The second-order valence-corrected chi connectivity index (χ2v) is 5.65. The van der Waals surface area contributed by atoms with Gasteiger partial charge < -0.3 is 9.84 Å². The monoisotopic (exact) mass is 318 g/mol. The van der Waals surface area contributed by atoms with Crippen molar-refractivity contribution < 1.29 is 19.0 Å². The second kappa shape index (κ2) is 5.26. The molecule has 1 rings (SSSR count). The first-order valence-corrected chi connectivity index (χ1v) is 6.25. The third-order valence-corrected chi connectivity index (χ3v) is 3.85. The van der Waals surface area contributed by atoms with Crippen molar-refractivity contribution in [3.05, 3.63) is 27.5 Å². The van der Waals surface area contributed by atoms with Crippen LogP contribution in [0, 0.1) is 12.7 Å². The average molecular weight is 319 g/mol. The van der Waals surface area contributed by atoms with Gasteiger partial charge in [0.15, 0.2) is 11.6 Å². The van der Waals surface area contributed by atoms with Crippen LogP contribution in [0.1, 0.15) is 31.4 Å². The van der Waals surface area contributed by atoms with Crippen molar-refractivity contribution in [2.45, 2.75) is 32.6 Å². The van der Waals surface area contributed by atoms with Crippen LogP contribution in [0.3, 0.4) is 0 Å². The molecule has 1 aromatic carbocycles. The molecule has 0 unspecified atom stereocenters. The number of hydrogen-bond donors (Lipinski definition) is 1. The van der Waals surface area contributed by atoms with Gasteiger partial charge in [-0.1, -0.05) is 19.9 Å². The molecule has 18 heavy (non-hydrogen) atoms. The van der Waals surface area contributed by atoms with Gasteiger partial charge in [0.05, 0.1) is 18.0 Å². The van der Waals surface area contributed by atoms with Gasteiger partial charge in [-0.15, -0.1) is 0 Å². The fraction of sp³-hybridized carbons (Fsp3) is 0.462. The Hall–Kier alpha value is -1.10. The molecule has 0 atom stereocenters. The van der Waals surface area contributed by atoms with Crippen LogP contribution in [0.4, 0.5) is 4.39 Å². The molecule has 0 spiro atoms. The molecule has 0 aliphatic rings. The number of halogens is 2. The highest BCUT2D eigenvalue weighted by Gasteiger charge is 2.30. The molecule has 0 saturated carbocycles. The van der Waals surface area contributed by atoms with Gasteiger partial charge in [0.25, 0.3) is 0 Å². The Bertz CT molecular complexity index is 484. The first kappa shape index (κ1) is 15.0. The Kier molecular flexibility index (Phi) is 4.37. The predicted molar refractivity (Wildman–Crippen MR) is 70.7 cm³/mol. The van der Waals surface area contributed by atoms with E-state index in [0.29, 0.717) is 10.0 Å². The van der Waals surface area contributed by atoms with Gasteiger partial charge >= 0.3 is 5.97 Å². The Morgan fingerprint density at radius 1 is 1.56 bits per heavy atom. The second-order valence-electron chi connectivity index (χ2n) is 4.86. The van der Waals surface area contributed by atoms with Crippen molar-refractivity contribution >= 4 is 21.9 Å². The van der Waals surface area contributed by atoms with Gasteiger partial charge in [0, 0.05) is 5.41 Å². The van der Waals surface area contributed by atoms with E-state index >= 15 is 0 Å². The van der Waals surface area contributed by atoms with Crippen LogP contribution in [0.2, 0.25) is 0 Å². The molecule has 0 heterocycles. The third-order valence-electron chi connectivity index (χ3n) is 2.87. The smallest absolute Gasteiger partial charge is 0.304 e. The molecule has 0 aliphatic carbocycles. The molecule has 100 valence electrons. The standard InChI is InChI=1S/C13H16BrFO3/c1-7-5-8(13(2,3)6-9(16)17)11(15)12(18-4)10(7)14/h5H,6H2,1-4H3,(H,16,17). The van der Waals surface area contributed by atoms with Crippen molar-refractivity contribution in [3.8, 4) is 5.75 Å². The zero-order valence-corrected chi connectivity index (χ0v) is 12.4. The lowest BCUT2D eigenvalue weighted by Gasteiger charge is -2.25. The molecule has 0 saturated heterocycles. The molecule has 3 nitrogen and oxygen atoms in total. The Morgan fingerprint density at radius 2 is 2.11 bits per heavy atom. The molecule has 0 radical (unpaired) electrons. The van der Waals surface area contributed by atoms with Gasteiger partial charge in [-0.25, -0.2) is 4.39 Å². The van der Waals surface area contributed by atoms with E-state index in [1.165, 1.54) is 7.11 Å². The lowest BCUT2D eigenvalue weighted by atomic mass is 9.80. The van der Waals surface area contributed by atoms with E-state index in [1.54, 1.807) is 19.9 Å². The van der Waals surface area contributed by atoms with Crippen LogP contribution in [-0.4, -0.2) is 18.2 Å². The number of methoxy groups -OCH3 is 1. The van der Waals surface area contributed by atoms with E-state index in [4.69, 9.17) is 9.84 Å². The maximum Gasteiger partial charge on any atom is 0.304 e. The van der Waals surface area contributed by atoms with Gasteiger partial charge in [0.1, 0.15) is 0 Å². The van der Waals surface area contributed by atoms with Crippen LogP contribution in [0.5, 0.6) is 5.75 Å². The Labute approximate surface area is 114 Å². The van der Waals surface area contributed by atoms with Gasteiger partial charge in [-0.3, -0.25) is 4.79 Å². The number of carboxylic acid groups (broad SMARTS) is 1. The van der Waals surface area contributed by atoms with Crippen LogP contribution in [-0.2, 0) is 10.2 Å². The number of hydrogen-bond acceptors (Lipinski definition) is 2. The molecule has 1 N–H and O–H groups in total. The van der Waals surface area contributed by atoms with Crippen molar-refractivity contribution in [1.29, 1.82) is 0 Å². The highest BCUT2D eigenvalue weighted by Crippen LogP contribution is 2.39. The minimum atomic E-state index is -0.959. The van der Waals surface area contributed by atoms with E-state index in [-0.39, 0.29) is 12.2 Å². The number of aliphatic carboxylic acids is 1. The van der Waals surface area contributed by atoms with E-state index in [9.17, 15) is 9.18 Å².